The number of rotatable bonds is 9. The van der Waals surface area contributed by atoms with Crippen LogP contribution < -0.4 is 14.8 Å². The van der Waals surface area contributed by atoms with Crippen LogP contribution in [0.3, 0.4) is 0 Å². The summed E-state index contributed by atoms with van der Waals surface area (Å²) < 4.78 is 33.8. The number of phenolic OH excluding ortho intramolecular Hbond substituents is 1. The Morgan fingerprint density at radius 2 is 1.94 bits per heavy atom. The molecule has 2 aromatic carbocycles. The van der Waals surface area contributed by atoms with Crippen LogP contribution in [0.25, 0.3) is 22.3 Å². The van der Waals surface area contributed by atoms with Gasteiger partial charge < -0.3 is 15.6 Å². The molecule has 2 heterocycles. The minimum absolute atomic E-state index is 0.0401. The Balaban J connectivity index is 1.74. The second-order valence-electron chi connectivity index (χ2n) is 8.00. The summed E-state index contributed by atoms with van der Waals surface area (Å²) in [5.74, 6) is 0.531. The Morgan fingerprint density at radius 1 is 1.20 bits per heavy atom. The summed E-state index contributed by atoms with van der Waals surface area (Å²) >= 11 is 0. The summed E-state index contributed by atoms with van der Waals surface area (Å²) in [7, 11) is -3.76. The van der Waals surface area contributed by atoms with E-state index in [-0.39, 0.29) is 30.8 Å². The smallest absolute Gasteiger partial charge is 0.256 e. The van der Waals surface area contributed by atoms with Crippen LogP contribution in [0.1, 0.15) is 13.8 Å². The van der Waals surface area contributed by atoms with Gasteiger partial charge in [-0.05, 0) is 44.2 Å². The van der Waals surface area contributed by atoms with Gasteiger partial charge in [0.1, 0.15) is 17.8 Å². The number of aromatic hydroxyl groups is 1. The van der Waals surface area contributed by atoms with Crippen molar-refractivity contribution in [2.45, 2.75) is 26.5 Å². The predicted molar refractivity (Wildman–Crippen MR) is 136 cm³/mol. The summed E-state index contributed by atoms with van der Waals surface area (Å²) in [5, 5.41) is 16.5. The number of nitrogen functional groups attached to an aromatic ring is 1. The summed E-state index contributed by atoms with van der Waals surface area (Å²) in [6.07, 6.45) is 1.22. The molecule has 0 spiro atoms. The number of nitrogens with two attached hydrogens (primary N) is 1. The zero-order valence-electron chi connectivity index (χ0n) is 19.4. The van der Waals surface area contributed by atoms with Crippen LogP contribution in [-0.2, 0) is 16.6 Å². The molecule has 0 amide bonds. The molecule has 2 aromatic heterocycles. The van der Waals surface area contributed by atoms with Gasteiger partial charge in [-0.1, -0.05) is 24.8 Å². The van der Waals surface area contributed by atoms with E-state index in [9.17, 15) is 13.5 Å². The Kier molecular flexibility index (Phi) is 6.61. The number of nitrogens with zero attached hydrogens (tertiary/aromatic N) is 5. The highest BCUT2D eigenvalue weighted by molar-refractivity contribution is 7.95. The van der Waals surface area contributed by atoms with Crippen LogP contribution in [0, 0.1) is 0 Å². The summed E-state index contributed by atoms with van der Waals surface area (Å²) in [6, 6.07) is 13.7. The molecule has 35 heavy (non-hydrogen) atoms. The van der Waals surface area contributed by atoms with Crippen molar-refractivity contribution in [3.8, 4) is 22.8 Å². The number of aromatic nitrogens is 4. The highest BCUT2D eigenvalue weighted by Crippen LogP contribution is 2.36. The molecule has 0 aliphatic carbocycles. The molecular weight excluding hydrogens is 468 g/mol. The molecule has 0 atom stereocenters. The lowest BCUT2D eigenvalue weighted by Gasteiger charge is -2.22. The summed E-state index contributed by atoms with van der Waals surface area (Å²) in [6.45, 7) is 7.43. The van der Waals surface area contributed by atoms with Gasteiger partial charge in [0, 0.05) is 11.0 Å². The van der Waals surface area contributed by atoms with Crippen LogP contribution in [0.2, 0.25) is 0 Å². The van der Waals surface area contributed by atoms with E-state index in [1.165, 1.54) is 16.7 Å². The van der Waals surface area contributed by atoms with Crippen molar-refractivity contribution in [3.05, 3.63) is 66.8 Å². The Bertz CT molecular complexity index is 1470. The molecule has 0 aliphatic rings. The Labute approximate surface area is 203 Å². The topological polar surface area (TPSA) is 136 Å². The number of benzene rings is 2. The second-order valence-corrected chi connectivity index (χ2v) is 9.80. The summed E-state index contributed by atoms with van der Waals surface area (Å²) in [4.78, 5) is 8.42. The highest BCUT2D eigenvalue weighted by Gasteiger charge is 2.22. The first kappa shape index (κ1) is 24.0. The molecule has 4 rings (SSSR count). The number of fused-ring (bicyclic) bond motifs is 1. The van der Waals surface area contributed by atoms with Gasteiger partial charge in [-0.3, -0.25) is 4.31 Å². The zero-order chi connectivity index (χ0) is 25.2. The normalized spacial score (nSPS) is 11.6. The van der Waals surface area contributed by atoms with Gasteiger partial charge in [-0.15, -0.1) is 0 Å². The van der Waals surface area contributed by atoms with E-state index in [4.69, 9.17) is 10.5 Å². The predicted octanol–water partition coefficient (Wildman–Crippen LogP) is 3.55. The molecule has 0 saturated heterocycles. The Hall–Kier alpha value is -4.12. The number of ether oxygens (including phenoxy) is 1. The number of hydrogen-bond acceptors (Lipinski definition) is 8. The van der Waals surface area contributed by atoms with Gasteiger partial charge in [0.05, 0.1) is 30.3 Å². The van der Waals surface area contributed by atoms with Gasteiger partial charge >= 0.3 is 0 Å². The van der Waals surface area contributed by atoms with Crippen molar-refractivity contribution in [3.63, 3.8) is 0 Å². The quantitative estimate of drug-likeness (QED) is 0.360. The van der Waals surface area contributed by atoms with Gasteiger partial charge in [0.15, 0.2) is 17.1 Å². The first-order valence-electron chi connectivity index (χ1n) is 10.9. The van der Waals surface area contributed by atoms with Crippen molar-refractivity contribution in [2.75, 3.05) is 16.6 Å². The molecule has 0 fully saturated rings. The largest absolute Gasteiger partial charge is 0.504 e. The molecule has 3 N–H and O–H groups in total. The highest BCUT2D eigenvalue weighted by atomic mass is 32.2. The average Bonchev–Trinajstić information content (AvgIpc) is 3.21. The van der Waals surface area contributed by atoms with Crippen molar-refractivity contribution in [1.82, 2.24) is 19.7 Å². The van der Waals surface area contributed by atoms with Crippen LogP contribution >= 0.6 is 0 Å². The van der Waals surface area contributed by atoms with Crippen molar-refractivity contribution in [2.24, 2.45) is 0 Å². The number of para-hydroxylation sites is 1. The fourth-order valence-electron chi connectivity index (χ4n) is 3.68. The van der Waals surface area contributed by atoms with E-state index in [1.807, 2.05) is 19.9 Å². The fourth-order valence-corrected chi connectivity index (χ4v) is 4.61. The third kappa shape index (κ3) is 4.90. The number of anilines is 2. The summed E-state index contributed by atoms with van der Waals surface area (Å²) in [5.41, 5.74) is 8.16. The molecule has 11 heteroatoms. The molecule has 0 bridgehead atoms. The first-order valence-corrected chi connectivity index (χ1v) is 12.4. The number of hydrogen-bond donors (Lipinski definition) is 2. The molecular formula is C24H26N6O4S. The third-order valence-electron chi connectivity index (χ3n) is 5.23. The molecule has 0 radical (unpaired) electrons. The zero-order valence-corrected chi connectivity index (χ0v) is 20.2. The van der Waals surface area contributed by atoms with Crippen LogP contribution in [0.15, 0.2) is 66.8 Å². The van der Waals surface area contributed by atoms with Crippen LogP contribution in [0.4, 0.5) is 11.5 Å². The molecule has 0 saturated carbocycles. The second kappa shape index (κ2) is 9.63. The lowest BCUT2D eigenvalue weighted by molar-refractivity contribution is 0.232. The maximum atomic E-state index is 12.7. The van der Waals surface area contributed by atoms with E-state index in [1.54, 1.807) is 41.1 Å². The van der Waals surface area contributed by atoms with Gasteiger partial charge in [0.25, 0.3) is 10.0 Å². The van der Waals surface area contributed by atoms with Crippen molar-refractivity contribution in [1.29, 1.82) is 0 Å². The molecule has 182 valence electrons. The SMILES string of the molecule is C=CS(=O)(=O)N(CCn1nc(-c2ccc(OC(C)C)c(O)c2)c2c(N)ncnc21)c1ccccc1. The molecule has 0 aliphatic heterocycles. The fraction of sp³-hybridized carbons (Fsp3) is 0.208. The average molecular weight is 495 g/mol. The van der Waals surface area contributed by atoms with E-state index in [0.29, 0.717) is 33.7 Å². The maximum Gasteiger partial charge on any atom is 0.256 e. The minimum atomic E-state index is -3.76. The van der Waals surface area contributed by atoms with Crippen molar-refractivity contribution < 1.29 is 18.3 Å². The molecule has 0 unspecified atom stereocenters. The minimum Gasteiger partial charge on any atom is -0.504 e. The molecule has 10 nitrogen and oxygen atoms in total. The number of sulfonamides is 1. The van der Waals surface area contributed by atoms with Crippen molar-refractivity contribution >= 4 is 32.6 Å². The van der Waals surface area contributed by atoms with Gasteiger partial charge in [-0.2, -0.15) is 5.10 Å². The Morgan fingerprint density at radius 3 is 2.60 bits per heavy atom. The van der Waals surface area contributed by atoms with Crippen LogP contribution in [0.5, 0.6) is 11.5 Å². The van der Waals surface area contributed by atoms with Gasteiger partial charge in [0.2, 0.25) is 0 Å². The van der Waals surface area contributed by atoms with E-state index in [2.05, 4.69) is 21.6 Å². The number of phenols is 1. The molecule has 4 aromatic rings. The van der Waals surface area contributed by atoms with E-state index < -0.39 is 10.0 Å². The van der Waals surface area contributed by atoms with E-state index in [0.717, 1.165) is 5.41 Å². The van der Waals surface area contributed by atoms with Gasteiger partial charge in [-0.25, -0.2) is 23.1 Å². The monoisotopic (exact) mass is 494 g/mol. The first-order chi connectivity index (χ1) is 16.7. The lowest BCUT2D eigenvalue weighted by atomic mass is 10.1. The lowest BCUT2D eigenvalue weighted by Crippen LogP contribution is -2.32. The third-order valence-corrected chi connectivity index (χ3v) is 6.66. The van der Waals surface area contributed by atoms with Crippen LogP contribution in [-0.4, -0.2) is 45.9 Å². The maximum absolute atomic E-state index is 12.7. The van der Waals surface area contributed by atoms with E-state index >= 15 is 0 Å². The standard InChI is InChI=1S/C24H26N6O4S/c1-4-35(32,33)30(18-8-6-5-7-9-18)13-12-29-24-21(23(25)26-15-27-24)22(28-29)17-10-11-20(19(31)14-17)34-16(2)3/h4-11,14-16,31H,1,12-13H2,2-3H3,(H2,25,26,27).